The zero-order valence-electron chi connectivity index (χ0n) is 10.9. The lowest BCUT2D eigenvalue weighted by Crippen LogP contribution is -2.38. The highest BCUT2D eigenvalue weighted by molar-refractivity contribution is 4.80. The number of rotatable bonds is 6. The van der Waals surface area contributed by atoms with Crippen LogP contribution in [0.3, 0.4) is 0 Å². The van der Waals surface area contributed by atoms with Gasteiger partial charge in [0.15, 0.2) is 0 Å². The fourth-order valence-electron chi connectivity index (χ4n) is 3.02. The summed E-state index contributed by atoms with van der Waals surface area (Å²) in [7, 11) is 0. The van der Waals surface area contributed by atoms with Gasteiger partial charge in [0.05, 0.1) is 0 Å². The Morgan fingerprint density at radius 1 is 1.13 bits per heavy atom. The Morgan fingerprint density at radius 3 is 2.33 bits per heavy atom. The monoisotopic (exact) mass is 211 g/mol. The van der Waals surface area contributed by atoms with E-state index in [4.69, 9.17) is 0 Å². The Morgan fingerprint density at radius 2 is 1.80 bits per heavy atom. The smallest absolute Gasteiger partial charge is 0.00927 e. The Balaban J connectivity index is 2.36. The van der Waals surface area contributed by atoms with E-state index in [0.29, 0.717) is 0 Å². The first-order valence-corrected chi connectivity index (χ1v) is 7.03. The molecule has 0 bridgehead atoms. The maximum atomic E-state index is 3.72. The fourth-order valence-corrected chi connectivity index (χ4v) is 3.02. The van der Waals surface area contributed by atoms with Crippen molar-refractivity contribution in [3.63, 3.8) is 0 Å². The molecule has 0 spiro atoms. The van der Waals surface area contributed by atoms with Crippen molar-refractivity contribution in [2.75, 3.05) is 6.54 Å². The van der Waals surface area contributed by atoms with Gasteiger partial charge < -0.3 is 5.32 Å². The predicted molar refractivity (Wildman–Crippen MR) is 68.1 cm³/mol. The van der Waals surface area contributed by atoms with Gasteiger partial charge in [-0.05, 0) is 31.2 Å². The molecular weight excluding hydrogens is 182 g/mol. The first-order valence-electron chi connectivity index (χ1n) is 7.03. The third kappa shape index (κ3) is 4.14. The SMILES string of the molecule is CCCNC(CC)C(C)C1CCCCC1. The van der Waals surface area contributed by atoms with Crippen molar-refractivity contribution < 1.29 is 0 Å². The molecule has 1 aliphatic rings. The molecule has 15 heavy (non-hydrogen) atoms. The molecule has 2 unspecified atom stereocenters. The molecule has 0 aromatic rings. The zero-order valence-corrected chi connectivity index (χ0v) is 10.9. The quantitative estimate of drug-likeness (QED) is 0.700. The third-order valence-electron chi connectivity index (χ3n) is 4.12. The van der Waals surface area contributed by atoms with E-state index in [1.165, 1.54) is 51.5 Å². The van der Waals surface area contributed by atoms with E-state index >= 15 is 0 Å². The molecule has 1 fully saturated rings. The van der Waals surface area contributed by atoms with Crippen LogP contribution in [0.25, 0.3) is 0 Å². The lowest BCUT2D eigenvalue weighted by molar-refractivity contribution is 0.207. The molecule has 2 atom stereocenters. The first kappa shape index (κ1) is 13.0. The van der Waals surface area contributed by atoms with Crippen molar-refractivity contribution in [1.82, 2.24) is 5.32 Å². The van der Waals surface area contributed by atoms with Crippen LogP contribution in [-0.4, -0.2) is 12.6 Å². The normalized spacial score (nSPS) is 22.6. The van der Waals surface area contributed by atoms with Crippen molar-refractivity contribution in [2.45, 2.75) is 71.8 Å². The van der Waals surface area contributed by atoms with Crippen LogP contribution in [0.1, 0.15) is 65.7 Å². The average Bonchev–Trinajstić information content (AvgIpc) is 2.31. The van der Waals surface area contributed by atoms with E-state index in [2.05, 4.69) is 26.1 Å². The van der Waals surface area contributed by atoms with Crippen LogP contribution in [-0.2, 0) is 0 Å². The van der Waals surface area contributed by atoms with Gasteiger partial charge in [-0.25, -0.2) is 0 Å². The summed E-state index contributed by atoms with van der Waals surface area (Å²) >= 11 is 0. The predicted octanol–water partition coefficient (Wildman–Crippen LogP) is 3.98. The van der Waals surface area contributed by atoms with Crippen LogP contribution >= 0.6 is 0 Å². The van der Waals surface area contributed by atoms with Gasteiger partial charge in [-0.15, -0.1) is 0 Å². The molecule has 0 amide bonds. The average molecular weight is 211 g/mol. The van der Waals surface area contributed by atoms with Gasteiger partial charge in [0.25, 0.3) is 0 Å². The van der Waals surface area contributed by atoms with Crippen LogP contribution in [0.2, 0.25) is 0 Å². The topological polar surface area (TPSA) is 12.0 Å². The summed E-state index contributed by atoms with van der Waals surface area (Å²) in [6, 6.07) is 0.757. The Kier molecular flexibility index (Phi) is 6.31. The maximum absolute atomic E-state index is 3.72. The van der Waals surface area contributed by atoms with Gasteiger partial charge in [0.2, 0.25) is 0 Å². The van der Waals surface area contributed by atoms with Crippen LogP contribution in [0.5, 0.6) is 0 Å². The highest BCUT2D eigenvalue weighted by Crippen LogP contribution is 2.32. The second-order valence-corrected chi connectivity index (χ2v) is 5.23. The van der Waals surface area contributed by atoms with Gasteiger partial charge in [0.1, 0.15) is 0 Å². The minimum absolute atomic E-state index is 0.757. The number of hydrogen-bond donors (Lipinski definition) is 1. The molecular formula is C14H29N. The van der Waals surface area contributed by atoms with Gasteiger partial charge in [0, 0.05) is 6.04 Å². The Hall–Kier alpha value is -0.0400. The molecule has 90 valence electrons. The van der Waals surface area contributed by atoms with Gasteiger partial charge in [-0.1, -0.05) is 52.9 Å². The summed E-state index contributed by atoms with van der Waals surface area (Å²) in [6.45, 7) is 8.24. The summed E-state index contributed by atoms with van der Waals surface area (Å²) in [5, 5.41) is 3.72. The minimum Gasteiger partial charge on any atom is -0.314 e. The van der Waals surface area contributed by atoms with Crippen molar-refractivity contribution in [1.29, 1.82) is 0 Å². The van der Waals surface area contributed by atoms with E-state index in [1.54, 1.807) is 0 Å². The van der Waals surface area contributed by atoms with Crippen molar-refractivity contribution in [3.05, 3.63) is 0 Å². The van der Waals surface area contributed by atoms with Crippen LogP contribution < -0.4 is 5.32 Å². The summed E-state index contributed by atoms with van der Waals surface area (Å²) in [5.41, 5.74) is 0. The van der Waals surface area contributed by atoms with Gasteiger partial charge in [-0.3, -0.25) is 0 Å². The number of nitrogens with one attached hydrogen (secondary N) is 1. The van der Waals surface area contributed by atoms with Gasteiger partial charge >= 0.3 is 0 Å². The van der Waals surface area contributed by atoms with E-state index in [9.17, 15) is 0 Å². The molecule has 0 aromatic carbocycles. The lowest BCUT2D eigenvalue weighted by atomic mass is 9.77. The highest BCUT2D eigenvalue weighted by Gasteiger charge is 2.25. The summed E-state index contributed by atoms with van der Waals surface area (Å²) in [6.07, 6.45) is 9.92. The number of hydrogen-bond acceptors (Lipinski definition) is 1. The lowest BCUT2D eigenvalue weighted by Gasteiger charge is -2.33. The second-order valence-electron chi connectivity index (χ2n) is 5.23. The zero-order chi connectivity index (χ0) is 11.1. The minimum atomic E-state index is 0.757. The molecule has 0 aromatic heterocycles. The Bertz CT molecular complexity index is 149. The molecule has 0 radical (unpaired) electrons. The molecule has 1 heteroatoms. The largest absolute Gasteiger partial charge is 0.314 e. The van der Waals surface area contributed by atoms with Crippen molar-refractivity contribution in [2.24, 2.45) is 11.8 Å². The van der Waals surface area contributed by atoms with Crippen LogP contribution in [0.4, 0.5) is 0 Å². The molecule has 0 aliphatic heterocycles. The second kappa shape index (κ2) is 7.27. The van der Waals surface area contributed by atoms with Crippen molar-refractivity contribution in [3.8, 4) is 0 Å². The van der Waals surface area contributed by atoms with E-state index in [1.807, 2.05) is 0 Å². The van der Waals surface area contributed by atoms with Crippen LogP contribution in [0, 0.1) is 11.8 Å². The molecule has 1 nitrogen and oxygen atoms in total. The Labute approximate surface area is 96.0 Å². The van der Waals surface area contributed by atoms with Crippen molar-refractivity contribution >= 4 is 0 Å². The molecule has 0 saturated heterocycles. The third-order valence-corrected chi connectivity index (χ3v) is 4.12. The standard InChI is InChI=1S/C14H29N/c1-4-11-15-14(5-2)12(3)13-9-7-6-8-10-13/h12-15H,4-11H2,1-3H3. The van der Waals surface area contributed by atoms with Gasteiger partial charge in [-0.2, -0.15) is 0 Å². The first-order chi connectivity index (χ1) is 7.29. The molecule has 1 rings (SSSR count). The van der Waals surface area contributed by atoms with E-state index < -0.39 is 0 Å². The highest BCUT2D eigenvalue weighted by atomic mass is 14.9. The van der Waals surface area contributed by atoms with E-state index in [0.717, 1.165) is 17.9 Å². The fraction of sp³-hybridized carbons (Fsp3) is 1.00. The van der Waals surface area contributed by atoms with E-state index in [-0.39, 0.29) is 0 Å². The molecule has 1 aliphatic carbocycles. The maximum Gasteiger partial charge on any atom is 0.00927 e. The summed E-state index contributed by atoms with van der Waals surface area (Å²) in [5.74, 6) is 1.87. The molecule has 0 heterocycles. The van der Waals surface area contributed by atoms with Crippen LogP contribution in [0.15, 0.2) is 0 Å². The molecule has 1 N–H and O–H groups in total. The summed E-state index contributed by atoms with van der Waals surface area (Å²) < 4.78 is 0. The summed E-state index contributed by atoms with van der Waals surface area (Å²) in [4.78, 5) is 0. The molecule has 1 saturated carbocycles.